The van der Waals surface area contributed by atoms with E-state index in [-0.39, 0.29) is 32.0 Å². The van der Waals surface area contributed by atoms with Gasteiger partial charge in [-0.25, -0.2) is 0 Å². The number of ether oxygens (including phenoxy) is 2. The number of esters is 2. The van der Waals surface area contributed by atoms with Crippen molar-refractivity contribution in [3.8, 4) is 0 Å². The molecule has 0 aliphatic rings. The third-order valence-corrected chi connectivity index (χ3v) is 18.4. The van der Waals surface area contributed by atoms with E-state index in [1.165, 1.54) is 315 Å². The Morgan fingerprint density at radius 2 is 0.621 bits per heavy atom. The van der Waals surface area contributed by atoms with Crippen LogP contribution in [0.15, 0.2) is 36.5 Å². The average molecular weight is 1250 g/mol. The van der Waals surface area contributed by atoms with E-state index in [9.17, 15) is 19.0 Å². The molecule has 0 aliphatic heterocycles. The SMILES string of the molecule is CCCCCCC/C=C\C/C=C\C/C=C\CCCCCCCCCCCCCCCCCCCCCCCCC(=O)OC(COC(=O)CCCCCCCCCCCCCCCCCCCCCCCCCCCC)COP(=O)([O-])OCC[N+](C)(C)C. The summed E-state index contributed by atoms with van der Waals surface area (Å²) in [6.45, 7) is 4.31. The van der Waals surface area contributed by atoms with Crippen LogP contribution in [0.25, 0.3) is 0 Å². The van der Waals surface area contributed by atoms with Gasteiger partial charge in [-0.15, -0.1) is 0 Å². The van der Waals surface area contributed by atoms with Gasteiger partial charge in [-0.3, -0.25) is 14.2 Å². The Hall–Kier alpha value is -1.77. The number of unbranched alkanes of at least 4 members (excludes halogenated alkanes) is 52. The number of carbonyl (C=O) groups excluding carboxylic acids is 2. The number of hydrogen-bond acceptors (Lipinski definition) is 8. The van der Waals surface area contributed by atoms with Gasteiger partial charge < -0.3 is 27.9 Å². The second kappa shape index (κ2) is 68.6. The van der Waals surface area contributed by atoms with Crippen molar-refractivity contribution in [3.05, 3.63) is 36.5 Å². The minimum Gasteiger partial charge on any atom is -0.756 e. The number of hydrogen-bond donors (Lipinski definition) is 0. The highest BCUT2D eigenvalue weighted by atomic mass is 31.2. The second-order valence-electron chi connectivity index (χ2n) is 27.4. The van der Waals surface area contributed by atoms with Gasteiger partial charge in [0, 0.05) is 12.8 Å². The molecule has 0 amide bonds. The summed E-state index contributed by atoms with van der Waals surface area (Å²) in [6, 6.07) is 0. The van der Waals surface area contributed by atoms with E-state index < -0.39 is 26.5 Å². The average Bonchev–Trinajstić information content (AvgIpc) is 3.56. The van der Waals surface area contributed by atoms with Gasteiger partial charge in [0.1, 0.15) is 19.8 Å². The van der Waals surface area contributed by atoms with Gasteiger partial charge in [-0.1, -0.05) is 365 Å². The Kier molecular flexibility index (Phi) is 67.2. The van der Waals surface area contributed by atoms with Crippen LogP contribution in [0.4, 0.5) is 0 Å². The largest absolute Gasteiger partial charge is 0.756 e. The van der Waals surface area contributed by atoms with Crippen LogP contribution in [0.5, 0.6) is 0 Å². The first-order valence-corrected chi connectivity index (χ1v) is 39.7. The zero-order valence-corrected chi connectivity index (χ0v) is 59.6. The predicted molar refractivity (Wildman–Crippen MR) is 374 cm³/mol. The van der Waals surface area contributed by atoms with E-state index in [2.05, 4.69) is 50.3 Å². The highest BCUT2D eigenvalue weighted by Crippen LogP contribution is 2.38. The van der Waals surface area contributed by atoms with Gasteiger partial charge >= 0.3 is 11.9 Å². The summed E-state index contributed by atoms with van der Waals surface area (Å²) in [5.41, 5.74) is 0. The van der Waals surface area contributed by atoms with Gasteiger partial charge in [0.2, 0.25) is 0 Å². The van der Waals surface area contributed by atoms with Crippen LogP contribution in [-0.4, -0.2) is 70.0 Å². The van der Waals surface area contributed by atoms with Gasteiger partial charge in [-0.2, -0.15) is 0 Å². The first-order valence-electron chi connectivity index (χ1n) is 38.2. The Balaban J connectivity index is 3.93. The lowest BCUT2D eigenvalue weighted by Gasteiger charge is -2.28. The second-order valence-corrected chi connectivity index (χ2v) is 28.8. The van der Waals surface area contributed by atoms with Gasteiger partial charge in [0.25, 0.3) is 7.82 Å². The normalized spacial score (nSPS) is 13.2. The van der Waals surface area contributed by atoms with E-state index in [4.69, 9.17) is 18.5 Å². The van der Waals surface area contributed by atoms with Crippen LogP contribution in [0.3, 0.4) is 0 Å². The van der Waals surface area contributed by atoms with E-state index in [0.717, 1.165) is 44.9 Å². The molecule has 0 heterocycles. The maximum Gasteiger partial charge on any atom is 0.306 e. The Morgan fingerprint density at radius 1 is 0.356 bits per heavy atom. The van der Waals surface area contributed by atoms with Crippen molar-refractivity contribution in [2.45, 2.75) is 399 Å². The molecule has 0 N–H and O–H groups in total. The predicted octanol–water partition coefficient (Wildman–Crippen LogP) is 24.4. The van der Waals surface area contributed by atoms with E-state index in [0.29, 0.717) is 17.4 Å². The number of nitrogens with zero attached hydrogens (tertiary/aromatic N) is 1. The fourth-order valence-electron chi connectivity index (χ4n) is 11.6. The molecular formula is C77H148NO8P. The van der Waals surface area contributed by atoms with Crippen molar-refractivity contribution in [2.24, 2.45) is 0 Å². The molecule has 0 fully saturated rings. The minimum absolute atomic E-state index is 0.0270. The molecule has 10 heteroatoms. The third kappa shape index (κ3) is 73.2. The number of allylic oxidation sites excluding steroid dienone is 6. The lowest BCUT2D eigenvalue weighted by atomic mass is 10.0. The Bertz CT molecular complexity index is 1560. The lowest BCUT2D eigenvalue weighted by molar-refractivity contribution is -0.870. The Labute approximate surface area is 541 Å². The zero-order chi connectivity index (χ0) is 63.4. The fourth-order valence-corrected chi connectivity index (χ4v) is 12.3. The summed E-state index contributed by atoms with van der Waals surface area (Å²) in [5, 5.41) is 0. The van der Waals surface area contributed by atoms with Crippen molar-refractivity contribution in [1.29, 1.82) is 0 Å². The first-order chi connectivity index (χ1) is 42.5. The van der Waals surface area contributed by atoms with Crippen LogP contribution in [-0.2, 0) is 32.7 Å². The molecule has 0 aliphatic carbocycles. The number of phosphoric acid groups is 1. The number of phosphoric ester groups is 1. The molecule has 0 saturated carbocycles. The first kappa shape index (κ1) is 85.2. The number of likely N-dealkylation sites (N-methyl/N-ethyl adjacent to an activating group) is 1. The van der Waals surface area contributed by atoms with Crippen molar-refractivity contribution < 1.29 is 42.1 Å². The van der Waals surface area contributed by atoms with Gasteiger partial charge in [0.15, 0.2) is 6.10 Å². The molecule has 0 rings (SSSR count). The van der Waals surface area contributed by atoms with Crippen LogP contribution >= 0.6 is 7.82 Å². The monoisotopic (exact) mass is 1250 g/mol. The molecule has 0 aromatic carbocycles. The summed E-state index contributed by atoms with van der Waals surface area (Å²) in [5.74, 6) is -0.807. The molecule has 0 spiro atoms. The van der Waals surface area contributed by atoms with E-state index >= 15 is 0 Å². The smallest absolute Gasteiger partial charge is 0.306 e. The van der Waals surface area contributed by atoms with Gasteiger partial charge in [0.05, 0.1) is 27.7 Å². The molecule has 87 heavy (non-hydrogen) atoms. The van der Waals surface area contributed by atoms with Gasteiger partial charge in [-0.05, 0) is 51.4 Å². The fraction of sp³-hybridized carbons (Fsp3) is 0.896. The summed E-state index contributed by atoms with van der Waals surface area (Å²) < 4.78 is 34.4. The quantitative estimate of drug-likeness (QED) is 0.0195. The topological polar surface area (TPSA) is 111 Å². The van der Waals surface area contributed by atoms with Crippen LogP contribution in [0.2, 0.25) is 0 Å². The summed E-state index contributed by atoms with van der Waals surface area (Å²) in [6.07, 6.45) is 88.3. The molecule has 514 valence electrons. The van der Waals surface area contributed by atoms with Crippen molar-refractivity contribution in [3.63, 3.8) is 0 Å². The highest BCUT2D eigenvalue weighted by molar-refractivity contribution is 7.45. The molecular weight excluding hydrogens is 1100 g/mol. The highest BCUT2D eigenvalue weighted by Gasteiger charge is 2.22. The molecule has 9 nitrogen and oxygen atoms in total. The molecule has 2 unspecified atom stereocenters. The molecule has 0 bridgehead atoms. The number of quaternary nitrogens is 1. The van der Waals surface area contributed by atoms with Crippen molar-refractivity contribution >= 4 is 19.8 Å². The molecule has 0 saturated heterocycles. The molecule has 0 aromatic heterocycles. The van der Waals surface area contributed by atoms with E-state index in [1.807, 2.05) is 21.1 Å². The zero-order valence-electron chi connectivity index (χ0n) is 58.7. The summed E-state index contributed by atoms with van der Waals surface area (Å²) >= 11 is 0. The Morgan fingerprint density at radius 3 is 0.920 bits per heavy atom. The standard InChI is InChI=1S/C77H148NO8P/c1-6-8-10-12-14-16-18-20-22-24-26-28-30-32-34-35-36-37-38-39-40-41-42-43-44-46-48-50-52-54-56-58-60-62-64-66-68-70-77(80)86-75(74-85-87(81,82)84-72-71-78(3,4)5)73-83-76(79)69-67-65-63-61-59-57-55-53-51-49-47-45-33-31-29-27-25-23-21-19-17-15-13-11-9-7-2/h18,20,24,26,30,32,75H,6-17,19,21-23,25,27-29,31,33-74H2,1-5H3/b20-18-,26-24-,32-30-. The van der Waals surface area contributed by atoms with E-state index in [1.54, 1.807) is 0 Å². The maximum atomic E-state index is 12.9. The number of carbonyl (C=O) groups is 2. The molecule has 0 radical (unpaired) electrons. The van der Waals surface area contributed by atoms with Crippen molar-refractivity contribution in [1.82, 2.24) is 0 Å². The third-order valence-electron chi connectivity index (χ3n) is 17.4. The summed E-state index contributed by atoms with van der Waals surface area (Å²) in [4.78, 5) is 38.1. The summed E-state index contributed by atoms with van der Waals surface area (Å²) in [7, 11) is 1.19. The van der Waals surface area contributed by atoms with Crippen LogP contribution in [0, 0.1) is 0 Å². The van der Waals surface area contributed by atoms with Crippen LogP contribution in [0.1, 0.15) is 393 Å². The molecule has 0 aromatic rings. The van der Waals surface area contributed by atoms with Crippen molar-refractivity contribution in [2.75, 3.05) is 47.5 Å². The maximum absolute atomic E-state index is 12.9. The van der Waals surface area contributed by atoms with Crippen LogP contribution < -0.4 is 4.89 Å². The number of rotatable bonds is 72. The minimum atomic E-state index is -4.64. The lowest BCUT2D eigenvalue weighted by Crippen LogP contribution is -2.37. The molecule has 2 atom stereocenters.